The molecule has 5 nitrogen and oxygen atoms in total. The fourth-order valence-electron chi connectivity index (χ4n) is 2.07. The number of fused-ring (bicyclic) bond motifs is 1. The summed E-state index contributed by atoms with van der Waals surface area (Å²) in [4.78, 5) is 18.7. The second-order valence-corrected chi connectivity index (χ2v) is 4.37. The summed E-state index contributed by atoms with van der Waals surface area (Å²) in [7, 11) is 0. The molecule has 90 valence electrons. The lowest BCUT2D eigenvalue weighted by Crippen LogP contribution is -2.05. The Bertz CT molecular complexity index is 765. The van der Waals surface area contributed by atoms with Crippen LogP contribution in [-0.4, -0.2) is 20.2 Å². The number of aromatic amines is 2. The third-order valence-electron chi connectivity index (χ3n) is 2.84. The third-order valence-corrected chi connectivity index (χ3v) is 2.84. The van der Waals surface area contributed by atoms with Crippen molar-refractivity contribution in [2.45, 2.75) is 13.8 Å². The molecule has 0 radical (unpaired) electrons. The Morgan fingerprint density at radius 2 is 2.00 bits per heavy atom. The predicted molar refractivity (Wildman–Crippen MR) is 69.4 cm³/mol. The predicted octanol–water partition coefficient (Wildman–Crippen LogP) is 1.93. The molecule has 0 saturated heterocycles. The number of benzene rings is 1. The summed E-state index contributed by atoms with van der Waals surface area (Å²) in [6.07, 6.45) is 0. The van der Waals surface area contributed by atoms with Gasteiger partial charge in [0, 0.05) is 6.07 Å². The second-order valence-electron chi connectivity index (χ2n) is 4.37. The fraction of sp³-hybridized carbons (Fsp3) is 0.154. The summed E-state index contributed by atoms with van der Waals surface area (Å²) in [6, 6.07) is 7.23. The van der Waals surface area contributed by atoms with Crippen molar-refractivity contribution in [1.29, 1.82) is 0 Å². The van der Waals surface area contributed by atoms with E-state index in [0.717, 1.165) is 16.6 Å². The molecule has 0 unspecified atom stereocenters. The maximum atomic E-state index is 11.0. The molecule has 0 aliphatic heterocycles. The van der Waals surface area contributed by atoms with Crippen molar-refractivity contribution in [3.8, 4) is 11.5 Å². The highest BCUT2D eigenvalue weighted by Gasteiger charge is 2.08. The van der Waals surface area contributed by atoms with E-state index >= 15 is 0 Å². The molecule has 0 atom stereocenters. The van der Waals surface area contributed by atoms with Gasteiger partial charge in [0.15, 0.2) is 5.82 Å². The van der Waals surface area contributed by atoms with Crippen molar-refractivity contribution in [1.82, 2.24) is 20.2 Å². The normalized spacial score (nSPS) is 11.0. The van der Waals surface area contributed by atoms with E-state index in [9.17, 15) is 4.79 Å². The molecule has 3 rings (SSSR count). The molecular formula is C13H12N4O. The minimum absolute atomic E-state index is 0.220. The number of nitrogens with one attached hydrogen (secondary N) is 2. The molecule has 5 heteroatoms. The number of nitrogens with zero attached hydrogens (tertiary/aromatic N) is 2. The number of rotatable bonds is 1. The maximum Gasteiger partial charge on any atom is 0.264 e. The topological polar surface area (TPSA) is 74.4 Å². The molecule has 0 fully saturated rings. The van der Waals surface area contributed by atoms with Crippen LogP contribution in [0.5, 0.6) is 0 Å². The Morgan fingerprint density at radius 1 is 1.17 bits per heavy atom. The van der Waals surface area contributed by atoms with Gasteiger partial charge in [-0.2, -0.15) is 5.10 Å². The van der Waals surface area contributed by atoms with Crippen molar-refractivity contribution >= 4 is 11.0 Å². The van der Waals surface area contributed by atoms with Crippen LogP contribution in [-0.2, 0) is 0 Å². The van der Waals surface area contributed by atoms with Crippen LogP contribution in [0.15, 0.2) is 29.1 Å². The van der Waals surface area contributed by atoms with Gasteiger partial charge in [0.2, 0.25) is 0 Å². The molecule has 0 aliphatic rings. The summed E-state index contributed by atoms with van der Waals surface area (Å²) < 4.78 is 0. The summed E-state index contributed by atoms with van der Waals surface area (Å²) in [5.74, 6) is 0.662. The van der Waals surface area contributed by atoms with E-state index in [1.54, 1.807) is 6.07 Å². The van der Waals surface area contributed by atoms with Crippen molar-refractivity contribution in [2.75, 3.05) is 0 Å². The second kappa shape index (κ2) is 3.80. The molecule has 3 aromatic rings. The van der Waals surface area contributed by atoms with Crippen molar-refractivity contribution in [2.24, 2.45) is 0 Å². The highest BCUT2D eigenvalue weighted by molar-refractivity contribution is 5.82. The number of hydrogen-bond donors (Lipinski definition) is 2. The quantitative estimate of drug-likeness (QED) is 0.682. The highest BCUT2D eigenvalue weighted by Crippen LogP contribution is 2.21. The first-order valence-corrected chi connectivity index (χ1v) is 5.66. The van der Waals surface area contributed by atoms with Gasteiger partial charge in [-0.15, -0.1) is 0 Å². The van der Waals surface area contributed by atoms with Crippen LogP contribution < -0.4 is 5.56 Å². The molecule has 2 aromatic heterocycles. The summed E-state index contributed by atoms with van der Waals surface area (Å²) >= 11 is 0. The molecule has 0 bridgehead atoms. The van der Waals surface area contributed by atoms with Crippen LogP contribution in [0, 0.1) is 13.8 Å². The van der Waals surface area contributed by atoms with Gasteiger partial charge in [0.25, 0.3) is 5.56 Å². The largest absolute Gasteiger partial charge is 0.337 e. The van der Waals surface area contributed by atoms with E-state index in [-0.39, 0.29) is 5.56 Å². The van der Waals surface area contributed by atoms with Gasteiger partial charge in [-0.1, -0.05) is 6.07 Å². The Balaban J connectivity index is 2.22. The number of imidazole rings is 1. The number of aromatic nitrogens is 4. The number of H-pyrrole nitrogens is 2. The third kappa shape index (κ3) is 1.69. The van der Waals surface area contributed by atoms with Crippen LogP contribution >= 0.6 is 0 Å². The Hall–Kier alpha value is -2.43. The van der Waals surface area contributed by atoms with Gasteiger partial charge < -0.3 is 4.98 Å². The molecule has 1 aromatic carbocycles. The lowest BCUT2D eigenvalue weighted by molar-refractivity contribution is 0.985. The van der Waals surface area contributed by atoms with Gasteiger partial charge in [-0.25, -0.2) is 10.1 Å². The Morgan fingerprint density at radius 3 is 2.72 bits per heavy atom. The van der Waals surface area contributed by atoms with Crippen LogP contribution in [0.2, 0.25) is 0 Å². The van der Waals surface area contributed by atoms with Gasteiger partial charge in [-0.05, 0) is 37.1 Å². The Labute approximate surface area is 103 Å². The van der Waals surface area contributed by atoms with E-state index in [1.807, 2.05) is 19.9 Å². The first-order valence-electron chi connectivity index (χ1n) is 5.66. The molecule has 2 N–H and O–H groups in total. The van der Waals surface area contributed by atoms with Gasteiger partial charge in [-0.3, -0.25) is 4.79 Å². The monoisotopic (exact) mass is 240 g/mol. The first-order chi connectivity index (χ1) is 8.63. The van der Waals surface area contributed by atoms with Crippen LogP contribution in [0.25, 0.3) is 22.6 Å². The lowest BCUT2D eigenvalue weighted by atomic mass is 10.1. The van der Waals surface area contributed by atoms with E-state index in [2.05, 4.69) is 26.2 Å². The van der Waals surface area contributed by atoms with Crippen molar-refractivity contribution in [3.63, 3.8) is 0 Å². The molecular weight excluding hydrogens is 228 g/mol. The maximum absolute atomic E-state index is 11.0. The van der Waals surface area contributed by atoms with E-state index in [4.69, 9.17) is 0 Å². The molecule has 0 saturated carbocycles. The average molecular weight is 240 g/mol. The van der Waals surface area contributed by atoms with Gasteiger partial charge in [0.05, 0.1) is 11.0 Å². The molecule has 0 aliphatic carbocycles. The lowest BCUT2D eigenvalue weighted by Gasteiger charge is -1.96. The molecule has 0 amide bonds. The average Bonchev–Trinajstić information content (AvgIpc) is 2.74. The zero-order valence-electron chi connectivity index (χ0n) is 10.1. The Kier molecular flexibility index (Phi) is 2.26. The summed E-state index contributed by atoms with van der Waals surface area (Å²) in [5, 5.41) is 6.37. The zero-order valence-corrected chi connectivity index (χ0v) is 10.1. The SMILES string of the molecule is Cc1cc(C)c2nc(-c3ccc(=O)[nH]n3)[nH]c2c1. The van der Waals surface area contributed by atoms with E-state index in [1.165, 1.54) is 11.6 Å². The molecule has 18 heavy (non-hydrogen) atoms. The highest BCUT2D eigenvalue weighted by atomic mass is 16.1. The van der Waals surface area contributed by atoms with E-state index in [0.29, 0.717) is 11.5 Å². The summed E-state index contributed by atoms with van der Waals surface area (Å²) in [5.41, 5.74) is 4.63. The first kappa shape index (κ1) is 10.7. The van der Waals surface area contributed by atoms with Gasteiger partial charge >= 0.3 is 0 Å². The molecule has 0 spiro atoms. The number of aryl methyl sites for hydroxylation is 2. The van der Waals surface area contributed by atoms with Crippen LogP contribution in [0.1, 0.15) is 11.1 Å². The smallest absolute Gasteiger partial charge is 0.264 e. The minimum atomic E-state index is -0.220. The minimum Gasteiger partial charge on any atom is -0.337 e. The van der Waals surface area contributed by atoms with Crippen molar-refractivity contribution < 1.29 is 0 Å². The number of hydrogen-bond acceptors (Lipinski definition) is 3. The summed E-state index contributed by atoms with van der Waals surface area (Å²) in [6.45, 7) is 4.07. The fourth-order valence-corrected chi connectivity index (χ4v) is 2.07. The van der Waals surface area contributed by atoms with Gasteiger partial charge in [0.1, 0.15) is 5.69 Å². The van der Waals surface area contributed by atoms with Crippen LogP contribution in [0.3, 0.4) is 0 Å². The van der Waals surface area contributed by atoms with Crippen LogP contribution in [0.4, 0.5) is 0 Å². The van der Waals surface area contributed by atoms with E-state index < -0.39 is 0 Å². The zero-order chi connectivity index (χ0) is 12.7. The molecule has 2 heterocycles. The van der Waals surface area contributed by atoms with Crippen molar-refractivity contribution in [3.05, 3.63) is 45.7 Å². The standard InChI is InChI=1S/C13H12N4O/c1-7-5-8(2)12-10(6-7)14-13(15-12)9-3-4-11(18)17-16-9/h3-6H,1-2H3,(H,14,15)(H,17,18).